The van der Waals surface area contributed by atoms with Crippen molar-refractivity contribution in [2.45, 2.75) is 19.5 Å². The van der Waals surface area contributed by atoms with Crippen molar-refractivity contribution in [3.63, 3.8) is 0 Å². The molecule has 0 bridgehead atoms. The fourth-order valence-electron chi connectivity index (χ4n) is 4.09. The molecular formula is C22H21N7O2. The number of anilines is 3. The van der Waals surface area contributed by atoms with Gasteiger partial charge in [0.15, 0.2) is 5.65 Å². The molecule has 0 amide bonds. The standard InChI is InChI=1S/C22H21N7O2/c23-20-19-17-10-11-28(12-14-4-2-1-3-5-14)13-18(17)21(25-22(19)27-26-20)24-15-6-8-16(9-7-15)29(30)31/h1-9H,10-13H2,(H4,23,24,25,26,27). The highest BCUT2D eigenvalue weighted by molar-refractivity contribution is 5.92. The van der Waals surface area contributed by atoms with Crippen molar-refractivity contribution in [1.82, 2.24) is 20.1 Å². The second-order valence-corrected chi connectivity index (χ2v) is 7.63. The van der Waals surface area contributed by atoms with Crippen LogP contribution in [0.2, 0.25) is 0 Å². The number of hydrogen-bond donors (Lipinski definition) is 3. The first-order valence-electron chi connectivity index (χ1n) is 10.0. The summed E-state index contributed by atoms with van der Waals surface area (Å²) in [7, 11) is 0. The van der Waals surface area contributed by atoms with E-state index in [9.17, 15) is 10.1 Å². The Hall–Kier alpha value is -3.98. The molecule has 5 rings (SSSR count). The first kappa shape index (κ1) is 19.0. The zero-order valence-electron chi connectivity index (χ0n) is 16.7. The van der Waals surface area contributed by atoms with Gasteiger partial charge in [0.05, 0.1) is 10.3 Å². The average Bonchev–Trinajstić information content (AvgIpc) is 3.15. The molecule has 1 aliphatic heterocycles. The number of hydrogen-bond acceptors (Lipinski definition) is 7. The molecule has 4 aromatic rings. The van der Waals surface area contributed by atoms with Crippen molar-refractivity contribution in [2.75, 3.05) is 17.6 Å². The average molecular weight is 415 g/mol. The van der Waals surface area contributed by atoms with Gasteiger partial charge in [-0.25, -0.2) is 4.98 Å². The minimum Gasteiger partial charge on any atom is -0.384 e. The van der Waals surface area contributed by atoms with Crippen LogP contribution in [0.5, 0.6) is 0 Å². The van der Waals surface area contributed by atoms with Crippen molar-refractivity contribution in [1.29, 1.82) is 0 Å². The first-order valence-corrected chi connectivity index (χ1v) is 10.0. The Balaban J connectivity index is 1.51. The van der Waals surface area contributed by atoms with Crippen molar-refractivity contribution < 1.29 is 4.92 Å². The Kier molecular flexibility index (Phi) is 4.72. The number of nitro benzene ring substituents is 1. The predicted octanol–water partition coefficient (Wildman–Crippen LogP) is 3.75. The van der Waals surface area contributed by atoms with Crippen molar-refractivity contribution in [3.8, 4) is 0 Å². The molecule has 0 fully saturated rings. The lowest BCUT2D eigenvalue weighted by molar-refractivity contribution is -0.384. The van der Waals surface area contributed by atoms with Crippen LogP contribution >= 0.6 is 0 Å². The van der Waals surface area contributed by atoms with Gasteiger partial charge in [-0.2, -0.15) is 5.10 Å². The molecule has 2 aromatic heterocycles. The lowest BCUT2D eigenvalue weighted by Gasteiger charge is -2.30. The molecule has 0 radical (unpaired) electrons. The third-order valence-electron chi connectivity index (χ3n) is 5.59. The Labute approximate surface area is 178 Å². The molecule has 9 nitrogen and oxygen atoms in total. The highest BCUT2D eigenvalue weighted by Crippen LogP contribution is 2.35. The third-order valence-corrected chi connectivity index (χ3v) is 5.59. The summed E-state index contributed by atoms with van der Waals surface area (Å²) in [6.45, 7) is 2.46. The number of pyridine rings is 1. The van der Waals surface area contributed by atoms with Crippen LogP contribution in [-0.2, 0) is 19.5 Å². The number of aromatic amines is 1. The second-order valence-electron chi connectivity index (χ2n) is 7.63. The maximum atomic E-state index is 10.9. The van der Waals surface area contributed by atoms with Gasteiger partial charge in [-0.3, -0.25) is 20.1 Å². The fraction of sp³-hybridized carbons (Fsp3) is 0.182. The van der Waals surface area contributed by atoms with Gasteiger partial charge in [-0.05, 0) is 29.7 Å². The molecule has 3 heterocycles. The smallest absolute Gasteiger partial charge is 0.269 e. The summed E-state index contributed by atoms with van der Waals surface area (Å²) in [4.78, 5) is 17.6. The SMILES string of the molecule is Nc1[nH]nc2nc(Nc3ccc([N+](=O)[O-])cc3)c3c(c12)CCN(Cc1ccccc1)C3. The number of rotatable bonds is 5. The van der Waals surface area contributed by atoms with E-state index >= 15 is 0 Å². The quantitative estimate of drug-likeness (QED) is 0.335. The van der Waals surface area contributed by atoms with Gasteiger partial charge >= 0.3 is 0 Å². The number of fused-ring (bicyclic) bond motifs is 3. The molecule has 4 N–H and O–H groups in total. The van der Waals surface area contributed by atoms with Crippen molar-refractivity contribution in [3.05, 3.63) is 81.4 Å². The van der Waals surface area contributed by atoms with E-state index in [1.54, 1.807) is 12.1 Å². The van der Waals surface area contributed by atoms with Gasteiger partial charge in [0.2, 0.25) is 0 Å². The van der Waals surface area contributed by atoms with Crippen molar-refractivity contribution >= 4 is 34.0 Å². The van der Waals surface area contributed by atoms with Gasteiger partial charge in [-0.15, -0.1) is 0 Å². The normalized spacial score (nSPS) is 13.8. The minimum absolute atomic E-state index is 0.0464. The molecule has 2 aromatic carbocycles. The highest BCUT2D eigenvalue weighted by atomic mass is 16.6. The third kappa shape index (κ3) is 3.66. The highest BCUT2D eigenvalue weighted by Gasteiger charge is 2.25. The summed E-state index contributed by atoms with van der Waals surface area (Å²) < 4.78 is 0. The van der Waals surface area contributed by atoms with Crippen LogP contribution in [0.1, 0.15) is 16.7 Å². The Morgan fingerprint density at radius 1 is 1.13 bits per heavy atom. The van der Waals surface area contributed by atoms with E-state index in [0.717, 1.165) is 41.7 Å². The second kappa shape index (κ2) is 7.69. The van der Waals surface area contributed by atoms with Crippen LogP contribution in [0.3, 0.4) is 0 Å². The predicted molar refractivity (Wildman–Crippen MR) is 119 cm³/mol. The summed E-state index contributed by atoms with van der Waals surface area (Å²) in [5, 5.41) is 22.2. The molecule has 9 heteroatoms. The summed E-state index contributed by atoms with van der Waals surface area (Å²) in [5.74, 6) is 1.22. The van der Waals surface area contributed by atoms with E-state index in [4.69, 9.17) is 10.7 Å². The molecule has 0 unspecified atom stereocenters. The Bertz CT molecular complexity index is 1250. The molecule has 0 aliphatic carbocycles. The number of nitrogens with zero attached hydrogens (tertiary/aromatic N) is 4. The van der Waals surface area contributed by atoms with Crippen LogP contribution in [0.15, 0.2) is 54.6 Å². The van der Waals surface area contributed by atoms with E-state index in [0.29, 0.717) is 23.8 Å². The maximum Gasteiger partial charge on any atom is 0.269 e. The summed E-state index contributed by atoms with van der Waals surface area (Å²) >= 11 is 0. The molecule has 0 atom stereocenters. The van der Waals surface area contributed by atoms with E-state index in [1.165, 1.54) is 17.7 Å². The number of H-pyrrole nitrogens is 1. The van der Waals surface area contributed by atoms with Crippen molar-refractivity contribution in [2.24, 2.45) is 0 Å². The summed E-state index contributed by atoms with van der Waals surface area (Å²) in [6, 6.07) is 16.7. The number of benzene rings is 2. The Morgan fingerprint density at radius 2 is 1.90 bits per heavy atom. The molecule has 0 saturated carbocycles. The van der Waals surface area contributed by atoms with E-state index in [1.807, 2.05) is 18.2 Å². The zero-order chi connectivity index (χ0) is 21.4. The first-order chi connectivity index (χ1) is 15.1. The monoisotopic (exact) mass is 415 g/mol. The number of nitrogens with two attached hydrogens (primary N) is 1. The molecule has 31 heavy (non-hydrogen) atoms. The molecule has 0 saturated heterocycles. The van der Waals surface area contributed by atoms with Crippen LogP contribution in [0.25, 0.3) is 11.0 Å². The van der Waals surface area contributed by atoms with Crippen LogP contribution in [-0.4, -0.2) is 31.5 Å². The zero-order valence-corrected chi connectivity index (χ0v) is 16.7. The molecular weight excluding hydrogens is 394 g/mol. The number of nitro groups is 1. The van der Waals surface area contributed by atoms with Gasteiger partial charge < -0.3 is 11.1 Å². The van der Waals surface area contributed by atoms with Gasteiger partial charge in [0.25, 0.3) is 5.69 Å². The van der Waals surface area contributed by atoms with E-state index in [2.05, 4.69) is 32.5 Å². The number of nitrogen functional groups attached to an aromatic ring is 1. The molecule has 1 aliphatic rings. The van der Waals surface area contributed by atoms with Crippen LogP contribution in [0, 0.1) is 10.1 Å². The summed E-state index contributed by atoms with van der Waals surface area (Å²) in [6.07, 6.45) is 0.833. The fourth-order valence-corrected chi connectivity index (χ4v) is 4.09. The van der Waals surface area contributed by atoms with Crippen LogP contribution < -0.4 is 11.1 Å². The lowest BCUT2D eigenvalue weighted by Crippen LogP contribution is -2.31. The number of nitrogens with one attached hydrogen (secondary N) is 2. The number of non-ortho nitro benzene ring substituents is 1. The molecule has 156 valence electrons. The van der Waals surface area contributed by atoms with Crippen LogP contribution in [0.4, 0.5) is 23.0 Å². The Morgan fingerprint density at radius 3 is 2.65 bits per heavy atom. The topological polar surface area (TPSA) is 126 Å². The van der Waals surface area contributed by atoms with Gasteiger partial charge in [-0.1, -0.05) is 30.3 Å². The minimum atomic E-state index is -0.413. The largest absolute Gasteiger partial charge is 0.384 e. The van der Waals surface area contributed by atoms with Gasteiger partial charge in [0, 0.05) is 43.0 Å². The summed E-state index contributed by atoms with van der Waals surface area (Å²) in [5.41, 5.74) is 11.0. The van der Waals surface area contributed by atoms with E-state index in [-0.39, 0.29) is 5.69 Å². The number of aromatic nitrogens is 3. The molecule has 0 spiro atoms. The lowest BCUT2D eigenvalue weighted by atomic mass is 9.97. The van der Waals surface area contributed by atoms with E-state index < -0.39 is 4.92 Å². The van der Waals surface area contributed by atoms with Gasteiger partial charge in [0.1, 0.15) is 11.6 Å². The maximum absolute atomic E-state index is 10.9.